The summed E-state index contributed by atoms with van der Waals surface area (Å²) in [6.45, 7) is 0.557. The van der Waals surface area contributed by atoms with E-state index in [0.717, 1.165) is 23.3 Å². The number of hydrogen-bond donors (Lipinski definition) is 0. The Morgan fingerprint density at radius 2 is 1.33 bits per heavy atom. The number of benzene rings is 3. The average Bonchev–Trinajstić information content (AvgIpc) is 2.70. The molecule has 1 amide bonds. The van der Waals surface area contributed by atoms with Crippen molar-refractivity contribution in [1.82, 2.24) is 4.90 Å². The number of carbonyl (C=O) groups excluding carboxylic acids is 1. The molecule has 0 unspecified atom stereocenters. The number of hydrogen-bond acceptors (Lipinski definition) is 1. The maximum absolute atomic E-state index is 14.1. The molecule has 0 fully saturated rings. The van der Waals surface area contributed by atoms with E-state index in [1.807, 2.05) is 60.7 Å². The molecule has 5 heteroatoms. The number of amides is 1. The monoisotopic (exact) mass is 369 g/mol. The molecular weight excluding hydrogens is 351 g/mol. The first kappa shape index (κ1) is 18.7. The second kappa shape index (κ2) is 8.54. The number of halogens is 3. The second-order valence-electron chi connectivity index (χ2n) is 6.17. The highest BCUT2D eigenvalue weighted by Crippen LogP contribution is 2.19. The predicted octanol–water partition coefficient (Wildman–Crippen LogP) is 4.99. The van der Waals surface area contributed by atoms with Gasteiger partial charge in [-0.15, -0.1) is 0 Å². The molecule has 0 saturated carbocycles. The van der Waals surface area contributed by atoms with Gasteiger partial charge in [-0.25, -0.2) is 13.2 Å². The minimum absolute atomic E-state index is 0.241. The summed E-state index contributed by atoms with van der Waals surface area (Å²) in [5.74, 6) is -5.09. The van der Waals surface area contributed by atoms with Gasteiger partial charge in [0.15, 0.2) is 17.5 Å². The van der Waals surface area contributed by atoms with Crippen LogP contribution in [0.15, 0.2) is 72.8 Å². The van der Waals surface area contributed by atoms with Crippen molar-refractivity contribution < 1.29 is 18.0 Å². The van der Waals surface area contributed by atoms with E-state index >= 15 is 0 Å². The Bertz CT molecular complexity index is 914. The van der Waals surface area contributed by atoms with Gasteiger partial charge in [-0.05, 0) is 29.7 Å². The number of carbonyl (C=O) groups is 1. The zero-order chi connectivity index (χ0) is 19.2. The minimum atomic E-state index is -1.64. The van der Waals surface area contributed by atoms with E-state index in [4.69, 9.17) is 0 Å². The zero-order valence-electron chi connectivity index (χ0n) is 14.5. The molecule has 3 rings (SSSR count). The summed E-state index contributed by atoms with van der Waals surface area (Å²) in [4.78, 5) is 14.3. The van der Waals surface area contributed by atoms with Crippen LogP contribution in [0.2, 0.25) is 0 Å². The van der Waals surface area contributed by atoms with E-state index in [1.54, 1.807) is 0 Å². The summed E-state index contributed by atoms with van der Waals surface area (Å²) < 4.78 is 40.9. The Morgan fingerprint density at radius 3 is 1.96 bits per heavy atom. The molecular formula is C22H18F3NO. The molecule has 138 valence electrons. The van der Waals surface area contributed by atoms with E-state index < -0.39 is 28.9 Å². The van der Waals surface area contributed by atoms with Crippen molar-refractivity contribution >= 4 is 5.91 Å². The SMILES string of the molecule is O=C(c1ccc(F)c(F)c1F)N(CCc1ccccc1)Cc1ccccc1. The van der Waals surface area contributed by atoms with Gasteiger partial charge in [-0.3, -0.25) is 4.79 Å². The van der Waals surface area contributed by atoms with Crippen LogP contribution in [-0.2, 0) is 13.0 Å². The third-order valence-electron chi connectivity index (χ3n) is 4.28. The lowest BCUT2D eigenvalue weighted by atomic mass is 10.1. The van der Waals surface area contributed by atoms with Gasteiger partial charge in [-0.2, -0.15) is 0 Å². The molecule has 0 aliphatic heterocycles. The molecule has 0 saturated heterocycles. The molecule has 0 atom stereocenters. The lowest BCUT2D eigenvalue weighted by molar-refractivity contribution is 0.0739. The van der Waals surface area contributed by atoms with E-state index in [9.17, 15) is 18.0 Å². The van der Waals surface area contributed by atoms with Crippen LogP contribution in [0.25, 0.3) is 0 Å². The largest absolute Gasteiger partial charge is 0.334 e. The summed E-state index contributed by atoms with van der Waals surface area (Å²) in [6, 6.07) is 20.5. The van der Waals surface area contributed by atoms with Crippen LogP contribution in [-0.4, -0.2) is 17.4 Å². The highest BCUT2D eigenvalue weighted by atomic mass is 19.2. The van der Waals surface area contributed by atoms with Crippen LogP contribution in [0, 0.1) is 17.5 Å². The third-order valence-corrected chi connectivity index (χ3v) is 4.28. The summed E-state index contributed by atoms with van der Waals surface area (Å²) >= 11 is 0. The molecule has 2 nitrogen and oxygen atoms in total. The van der Waals surface area contributed by atoms with Crippen LogP contribution in [0.1, 0.15) is 21.5 Å². The maximum atomic E-state index is 14.1. The van der Waals surface area contributed by atoms with E-state index in [-0.39, 0.29) is 6.54 Å². The van der Waals surface area contributed by atoms with Crippen molar-refractivity contribution in [3.63, 3.8) is 0 Å². The molecule has 0 heterocycles. The molecule has 0 aliphatic carbocycles. The maximum Gasteiger partial charge on any atom is 0.257 e. The Kier molecular flexibility index (Phi) is 5.91. The molecule has 0 bridgehead atoms. The van der Waals surface area contributed by atoms with Crippen molar-refractivity contribution in [1.29, 1.82) is 0 Å². The van der Waals surface area contributed by atoms with Crippen molar-refractivity contribution in [2.75, 3.05) is 6.54 Å². The molecule has 0 spiro atoms. The molecule has 3 aromatic carbocycles. The lowest BCUT2D eigenvalue weighted by Crippen LogP contribution is -2.33. The second-order valence-corrected chi connectivity index (χ2v) is 6.17. The highest BCUT2D eigenvalue weighted by molar-refractivity contribution is 5.94. The lowest BCUT2D eigenvalue weighted by Gasteiger charge is -2.23. The van der Waals surface area contributed by atoms with Crippen molar-refractivity contribution in [3.8, 4) is 0 Å². The Hall–Kier alpha value is -3.08. The number of nitrogens with zero attached hydrogens (tertiary/aromatic N) is 1. The van der Waals surface area contributed by atoms with Crippen LogP contribution >= 0.6 is 0 Å². The van der Waals surface area contributed by atoms with Crippen LogP contribution in [0.4, 0.5) is 13.2 Å². The Morgan fingerprint density at radius 1 is 0.741 bits per heavy atom. The van der Waals surface area contributed by atoms with Crippen LogP contribution < -0.4 is 0 Å². The van der Waals surface area contributed by atoms with Gasteiger partial charge < -0.3 is 4.90 Å². The molecule has 0 radical (unpaired) electrons. The first-order valence-electron chi connectivity index (χ1n) is 8.57. The topological polar surface area (TPSA) is 20.3 Å². The molecule has 27 heavy (non-hydrogen) atoms. The van der Waals surface area contributed by atoms with Crippen molar-refractivity contribution in [3.05, 3.63) is 107 Å². The Labute approximate surface area is 155 Å². The Balaban J connectivity index is 1.86. The van der Waals surface area contributed by atoms with Gasteiger partial charge in [0, 0.05) is 13.1 Å². The van der Waals surface area contributed by atoms with Gasteiger partial charge >= 0.3 is 0 Å². The van der Waals surface area contributed by atoms with Gasteiger partial charge in [0.2, 0.25) is 0 Å². The fourth-order valence-corrected chi connectivity index (χ4v) is 2.83. The first-order valence-corrected chi connectivity index (χ1v) is 8.57. The number of rotatable bonds is 6. The van der Waals surface area contributed by atoms with E-state index in [1.165, 1.54) is 4.90 Å². The van der Waals surface area contributed by atoms with Crippen LogP contribution in [0.5, 0.6) is 0 Å². The summed E-state index contributed by atoms with van der Waals surface area (Å²) in [7, 11) is 0. The van der Waals surface area contributed by atoms with E-state index in [2.05, 4.69) is 0 Å². The summed E-state index contributed by atoms with van der Waals surface area (Å²) in [5.41, 5.74) is 1.41. The summed E-state index contributed by atoms with van der Waals surface area (Å²) in [6.07, 6.45) is 0.560. The first-order chi connectivity index (χ1) is 13.1. The van der Waals surface area contributed by atoms with Crippen LogP contribution in [0.3, 0.4) is 0 Å². The fraction of sp³-hybridized carbons (Fsp3) is 0.136. The molecule has 0 N–H and O–H groups in total. The van der Waals surface area contributed by atoms with Gasteiger partial charge in [-0.1, -0.05) is 60.7 Å². The molecule has 0 aliphatic rings. The fourth-order valence-electron chi connectivity index (χ4n) is 2.83. The quantitative estimate of drug-likeness (QED) is 0.561. The molecule has 0 aromatic heterocycles. The van der Waals surface area contributed by atoms with Crippen molar-refractivity contribution in [2.45, 2.75) is 13.0 Å². The third kappa shape index (κ3) is 4.56. The normalized spacial score (nSPS) is 10.6. The van der Waals surface area contributed by atoms with Gasteiger partial charge in [0.25, 0.3) is 5.91 Å². The van der Waals surface area contributed by atoms with Gasteiger partial charge in [0.05, 0.1) is 5.56 Å². The zero-order valence-corrected chi connectivity index (χ0v) is 14.5. The van der Waals surface area contributed by atoms with Crippen molar-refractivity contribution in [2.24, 2.45) is 0 Å². The highest BCUT2D eigenvalue weighted by Gasteiger charge is 2.23. The summed E-state index contributed by atoms with van der Waals surface area (Å²) in [5, 5.41) is 0. The minimum Gasteiger partial charge on any atom is -0.334 e. The molecule has 3 aromatic rings. The average molecular weight is 369 g/mol. The predicted molar refractivity (Wildman–Crippen MR) is 97.6 cm³/mol. The smallest absolute Gasteiger partial charge is 0.257 e. The standard InChI is InChI=1S/C22H18F3NO/c23-19-12-11-18(20(24)21(19)25)22(27)26(15-17-9-5-2-6-10-17)14-13-16-7-3-1-4-8-16/h1-12H,13-15H2. The van der Waals surface area contributed by atoms with Gasteiger partial charge in [0.1, 0.15) is 0 Å². The van der Waals surface area contributed by atoms with E-state index in [0.29, 0.717) is 13.0 Å².